The number of nitrogens with zero attached hydrogens (tertiary/aromatic N) is 1. The summed E-state index contributed by atoms with van der Waals surface area (Å²) in [4.78, 5) is 0. The van der Waals surface area contributed by atoms with Gasteiger partial charge < -0.3 is 10.5 Å². The molecule has 1 rings (SSSR count). The van der Waals surface area contributed by atoms with Gasteiger partial charge >= 0.3 is 0 Å². The zero-order valence-electron chi connectivity index (χ0n) is 7.42. The van der Waals surface area contributed by atoms with Crippen LogP contribution in [0, 0.1) is 17.1 Å². The number of anilines is 1. The molecule has 0 saturated heterocycles. The van der Waals surface area contributed by atoms with Crippen LogP contribution in [-0.2, 0) is 0 Å². The van der Waals surface area contributed by atoms with Crippen LogP contribution < -0.4 is 10.5 Å². The van der Waals surface area contributed by atoms with Gasteiger partial charge in [-0.25, -0.2) is 4.39 Å². The molecule has 0 bridgehead atoms. The molecule has 0 aliphatic rings. The third-order valence-electron chi connectivity index (χ3n) is 1.54. The Bertz CT molecular complexity index is 389. The maximum atomic E-state index is 13.0. The van der Waals surface area contributed by atoms with Gasteiger partial charge in [0.05, 0.1) is 10.2 Å². The zero-order chi connectivity index (χ0) is 10.7. The summed E-state index contributed by atoms with van der Waals surface area (Å²) in [6, 6.07) is 4.41. The normalized spacial score (nSPS) is 11.9. The van der Waals surface area contributed by atoms with Crippen LogP contribution in [0.2, 0.25) is 0 Å². The van der Waals surface area contributed by atoms with E-state index in [9.17, 15) is 4.39 Å². The third kappa shape index (κ3) is 2.36. The molecule has 1 unspecified atom stereocenters. The predicted molar refractivity (Wildman–Crippen MR) is 54.2 cm³/mol. The average molecular weight is 259 g/mol. The lowest BCUT2D eigenvalue weighted by molar-refractivity contribution is 0.276. The fraction of sp³-hybridized carbons (Fsp3) is 0.222. The number of hydrogen-bond acceptors (Lipinski definition) is 3. The van der Waals surface area contributed by atoms with Crippen LogP contribution in [0.25, 0.3) is 0 Å². The fourth-order valence-corrected chi connectivity index (χ4v) is 1.22. The van der Waals surface area contributed by atoms with Crippen molar-refractivity contribution in [2.45, 2.75) is 13.0 Å². The van der Waals surface area contributed by atoms with Crippen molar-refractivity contribution in [3.8, 4) is 11.8 Å². The molecule has 0 amide bonds. The van der Waals surface area contributed by atoms with Gasteiger partial charge in [-0.05, 0) is 28.9 Å². The highest BCUT2D eigenvalue weighted by molar-refractivity contribution is 9.10. The Labute approximate surface area is 89.4 Å². The average Bonchev–Trinajstić information content (AvgIpc) is 2.14. The molecule has 5 heteroatoms. The highest BCUT2D eigenvalue weighted by atomic mass is 79.9. The molecule has 1 aromatic rings. The summed E-state index contributed by atoms with van der Waals surface area (Å²) in [6.45, 7) is 1.55. The van der Waals surface area contributed by atoms with E-state index in [2.05, 4.69) is 15.9 Å². The lowest BCUT2D eigenvalue weighted by atomic mass is 10.3. The summed E-state index contributed by atoms with van der Waals surface area (Å²) < 4.78 is 18.4. The summed E-state index contributed by atoms with van der Waals surface area (Å²) in [5, 5.41) is 8.49. The van der Waals surface area contributed by atoms with Gasteiger partial charge in [-0.1, -0.05) is 0 Å². The summed E-state index contributed by atoms with van der Waals surface area (Å²) in [6.07, 6.45) is -0.655. The van der Waals surface area contributed by atoms with Gasteiger partial charge in [0.2, 0.25) is 0 Å². The molecule has 0 saturated carbocycles. The molecule has 0 aliphatic heterocycles. The standard InChI is InChI=1S/C9H8BrFN2O/c1-5(4-12)14-9-3-7(11)6(10)2-8(9)13/h2-3,5H,13H2,1H3. The van der Waals surface area contributed by atoms with Crippen molar-refractivity contribution in [3.63, 3.8) is 0 Å². The van der Waals surface area contributed by atoms with E-state index in [-0.39, 0.29) is 10.2 Å². The van der Waals surface area contributed by atoms with Crippen LogP contribution in [0.1, 0.15) is 6.92 Å². The van der Waals surface area contributed by atoms with Crippen LogP contribution in [-0.4, -0.2) is 6.10 Å². The second-order valence-corrected chi connectivity index (χ2v) is 3.55. The largest absolute Gasteiger partial charge is 0.474 e. The molecular formula is C9H8BrFN2O. The van der Waals surface area contributed by atoms with Crippen LogP contribution >= 0.6 is 15.9 Å². The summed E-state index contributed by atoms with van der Waals surface area (Å²) >= 11 is 2.99. The molecule has 0 radical (unpaired) electrons. The Balaban J connectivity index is 2.99. The molecule has 3 nitrogen and oxygen atoms in total. The van der Waals surface area contributed by atoms with Gasteiger partial charge in [-0.15, -0.1) is 0 Å². The first-order chi connectivity index (χ1) is 6.54. The van der Waals surface area contributed by atoms with E-state index >= 15 is 0 Å². The molecule has 0 aromatic heterocycles. The van der Waals surface area contributed by atoms with Gasteiger partial charge in [0.25, 0.3) is 0 Å². The topological polar surface area (TPSA) is 59.0 Å². The van der Waals surface area contributed by atoms with Crippen LogP contribution in [0.3, 0.4) is 0 Å². The van der Waals surface area contributed by atoms with Crippen molar-refractivity contribution in [2.24, 2.45) is 0 Å². The van der Waals surface area contributed by atoms with Crippen LogP contribution in [0.5, 0.6) is 5.75 Å². The molecular weight excluding hydrogens is 251 g/mol. The Morgan fingerprint density at radius 2 is 2.29 bits per heavy atom. The van der Waals surface area contributed by atoms with Gasteiger partial charge in [0.1, 0.15) is 17.6 Å². The minimum Gasteiger partial charge on any atom is -0.474 e. The monoisotopic (exact) mass is 258 g/mol. The first kappa shape index (κ1) is 10.8. The molecule has 2 N–H and O–H groups in total. The zero-order valence-corrected chi connectivity index (χ0v) is 9.01. The summed E-state index contributed by atoms with van der Waals surface area (Å²) in [7, 11) is 0. The molecule has 14 heavy (non-hydrogen) atoms. The molecule has 74 valence electrons. The minimum absolute atomic E-state index is 0.180. The lowest BCUT2D eigenvalue weighted by Crippen LogP contribution is -2.09. The summed E-state index contributed by atoms with van der Waals surface area (Å²) in [5.74, 6) is -0.293. The number of nitrogens with two attached hydrogens (primary N) is 1. The first-order valence-corrected chi connectivity index (χ1v) is 4.64. The smallest absolute Gasteiger partial charge is 0.181 e. The minimum atomic E-state index is -0.655. The maximum absolute atomic E-state index is 13.0. The highest BCUT2D eigenvalue weighted by Gasteiger charge is 2.09. The Morgan fingerprint density at radius 3 is 2.86 bits per heavy atom. The van der Waals surface area contributed by atoms with Gasteiger partial charge in [-0.3, -0.25) is 0 Å². The van der Waals surface area contributed by atoms with Crippen molar-refractivity contribution in [1.82, 2.24) is 0 Å². The highest BCUT2D eigenvalue weighted by Crippen LogP contribution is 2.28. The van der Waals surface area contributed by atoms with Crippen molar-refractivity contribution >= 4 is 21.6 Å². The van der Waals surface area contributed by atoms with E-state index in [1.807, 2.05) is 6.07 Å². The SMILES string of the molecule is CC(C#N)Oc1cc(F)c(Br)cc1N. The predicted octanol–water partition coefficient (Wildman–Crippen LogP) is 2.46. The van der Waals surface area contributed by atoms with E-state index in [4.69, 9.17) is 15.7 Å². The van der Waals surface area contributed by atoms with Gasteiger partial charge in [0.15, 0.2) is 6.10 Å². The third-order valence-corrected chi connectivity index (χ3v) is 2.15. The second kappa shape index (κ2) is 4.29. The molecule has 1 aromatic carbocycles. The second-order valence-electron chi connectivity index (χ2n) is 2.69. The van der Waals surface area contributed by atoms with Gasteiger partial charge in [0, 0.05) is 6.07 Å². The Hall–Kier alpha value is -1.28. The fourth-order valence-electron chi connectivity index (χ4n) is 0.863. The number of nitrogen functional groups attached to an aromatic ring is 1. The van der Waals surface area contributed by atoms with E-state index in [1.54, 1.807) is 6.92 Å². The summed E-state index contributed by atoms with van der Waals surface area (Å²) in [5.41, 5.74) is 5.85. The molecule has 0 aliphatic carbocycles. The van der Waals surface area contributed by atoms with Crippen LogP contribution in [0.4, 0.5) is 10.1 Å². The molecule has 0 heterocycles. The lowest BCUT2D eigenvalue weighted by Gasteiger charge is -2.10. The number of halogens is 2. The number of ether oxygens (including phenoxy) is 1. The van der Waals surface area contributed by atoms with E-state index in [0.29, 0.717) is 5.69 Å². The van der Waals surface area contributed by atoms with Gasteiger partial charge in [-0.2, -0.15) is 5.26 Å². The quantitative estimate of drug-likeness (QED) is 0.830. The van der Waals surface area contributed by atoms with Crippen molar-refractivity contribution in [2.75, 3.05) is 5.73 Å². The molecule has 0 fully saturated rings. The number of rotatable bonds is 2. The first-order valence-electron chi connectivity index (χ1n) is 3.85. The van der Waals surface area contributed by atoms with E-state index in [0.717, 1.165) is 6.07 Å². The molecule has 0 spiro atoms. The maximum Gasteiger partial charge on any atom is 0.181 e. The van der Waals surface area contributed by atoms with Crippen LogP contribution in [0.15, 0.2) is 16.6 Å². The van der Waals surface area contributed by atoms with E-state index < -0.39 is 11.9 Å². The Kier molecular flexibility index (Phi) is 3.31. The number of benzene rings is 1. The number of hydrogen-bond donors (Lipinski definition) is 1. The van der Waals surface area contributed by atoms with Crippen molar-refractivity contribution < 1.29 is 9.13 Å². The van der Waals surface area contributed by atoms with Crippen molar-refractivity contribution in [1.29, 1.82) is 5.26 Å². The Morgan fingerprint density at radius 1 is 1.64 bits per heavy atom. The van der Waals surface area contributed by atoms with Crippen molar-refractivity contribution in [3.05, 3.63) is 22.4 Å². The number of nitriles is 1. The molecule has 1 atom stereocenters. The van der Waals surface area contributed by atoms with E-state index in [1.165, 1.54) is 6.07 Å².